The van der Waals surface area contributed by atoms with Crippen LogP contribution in [0.4, 0.5) is 0 Å². The SMILES string of the molecule is CCCCCCCC(=O)OCCCC(=O)OC(=O)CCCCCCC. The van der Waals surface area contributed by atoms with Gasteiger partial charge >= 0.3 is 17.9 Å². The van der Waals surface area contributed by atoms with Gasteiger partial charge in [0.05, 0.1) is 6.61 Å². The van der Waals surface area contributed by atoms with Gasteiger partial charge in [-0.15, -0.1) is 0 Å². The van der Waals surface area contributed by atoms with Crippen LogP contribution in [0.1, 0.15) is 104 Å². The zero-order chi connectivity index (χ0) is 18.8. The van der Waals surface area contributed by atoms with Crippen molar-refractivity contribution in [2.75, 3.05) is 6.61 Å². The number of esters is 3. The smallest absolute Gasteiger partial charge is 0.313 e. The van der Waals surface area contributed by atoms with E-state index in [0.29, 0.717) is 19.3 Å². The highest BCUT2D eigenvalue weighted by molar-refractivity contribution is 5.85. The molecule has 0 aromatic carbocycles. The van der Waals surface area contributed by atoms with E-state index in [2.05, 4.69) is 13.8 Å². The van der Waals surface area contributed by atoms with Crippen molar-refractivity contribution in [2.24, 2.45) is 0 Å². The molecule has 0 rings (SSSR count). The molecule has 0 spiro atoms. The van der Waals surface area contributed by atoms with Crippen LogP contribution < -0.4 is 0 Å². The quantitative estimate of drug-likeness (QED) is 0.219. The number of hydrogen-bond acceptors (Lipinski definition) is 5. The van der Waals surface area contributed by atoms with Gasteiger partial charge in [-0.1, -0.05) is 65.2 Å². The fourth-order valence-corrected chi connectivity index (χ4v) is 2.45. The molecule has 0 bridgehead atoms. The lowest BCUT2D eigenvalue weighted by molar-refractivity contribution is -0.160. The number of carbonyl (C=O) groups is 3. The third-order valence-corrected chi connectivity index (χ3v) is 3.98. The first-order valence-corrected chi connectivity index (χ1v) is 9.99. The first-order chi connectivity index (χ1) is 12.1. The highest BCUT2D eigenvalue weighted by atomic mass is 16.6. The lowest BCUT2D eigenvalue weighted by Crippen LogP contribution is -2.13. The molecule has 0 amide bonds. The van der Waals surface area contributed by atoms with Crippen molar-refractivity contribution in [1.29, 1.82) is 0 Å². The summed E-state index contributed by atoms with van der Waals surface area (Å²) in [5.41, 5.74) is 0. The summed E-state index contributed by atoms with van der Waals surface area (Å²) in [5.74, 6) is -1.20. The van der Waals surface area contributed by atoms with E-state index in [4.69, 9.17) is 9.47 Å². The lowest BCUT2D eigenvalue weighted by Gasteiger charge is -2.05. The van der Waals surface area contributed by atoms with E-state index in [1.165, 1.54) is 19.3 Å². The minimum atomic E-state index is -0.533. The maximum atomic E-state index is 11.5. The van der Waals surface area contributed by atoms with Gasteiger partial charge in [-0.05, 0) is 19.3 Å². The first-order valence-electron chi connectivity index (χ1n) is 9.99. The summed E-state index contributed by atoms with van der Waals surface area (Å²) in [7, 11) is 0. The second-order valence-electron chi connectivity index (χ2n) is 6.50. The van der Waals surface area contributed by atoms with Gasteiger partial charge in [0.1, 0.15) is 0 Å². The van der Waals surface area contributed by atoms with Crippen LogP contribution in [0, 0.1) is 0 Å². The summed E-state index contributed by atoms with van der Waals surface area (Å²) in [6, 6.07) is 0. The molecular formula is C20H36O5. The Morgan fingerprint density at radius 2 is 1.00 bits per heavy atom. The number of rotatable bonds is 16. The van der Waals surface area contributed by atoms with Crippen molar-refractivity contribution in [3.8, 4) is 0 Å². The van der Waals surface area contributed by atoms with Crippen LogP contribution in [-0.2, 0) is 23.9 Å². The van der Waals surface area contributed by atoms with Gasteiger partial charge in [-0.3, -0.25) is 14.4 Å². The topological polar surface area (TPSA) is 69.7 Å². The Morgan fingerprint density at radius 1 is 0.560 bits per heavy atom. The van der Waals surface area contributed by atoms with Crippen LogP contribution in [0.2, 0.25) is 0 Å². The van der Waals surface area contributed by atoms with Crippen LogP contribution in [-0.4, -0.2) is 24.5 Å². The van der Waals surface area contributed by atoms with E-state index in [-0.39, 0.29) is 19.0 Å². The molecule has 0 saturated heterocycles. The molecule has 0 aromatic heterocycles. The molecule has 5 nitrogen and oxygen atoms in total. The van der Waals surface area contributed by atoms with Gasteiger partial charge < -0.3 is 9.47 Å². The van der Waals surface area contributed by atoms with Crippen molar-refractivity contribution < 1.29 is 23.9 Å². The molecule has 0 fully saturated rings. The Balaban J connectivity index is 3.50. The second-order valence-corrected chi connectivity index (χ2v) is 6.50. The van der Waals surface area contributed by atoms with Crippen LogP contribution in [0.15, 0.2) is 0 Å². The van der Waals surface area contributed by atoms with Crippen LogP contribution in [0.5, 0.6) is 0 Å². The van der Waals surface area contributed by atoms with E-state index in [0.717, 1.165) is 44.9 Å². The van der Waals surface area contributed by atoms with Gasteiger partial charge in [0.15, 0.2) is 0 Å². The van der Waals surface area contributed by atoms with Gasteiger partial charge in [-0.2, -0.15) is 0 Å². The molecule has 0 aliphatic heterocycles. The largest absolute Gasteiger partial charge is 0.466 e. The molecular weight excluding hydrogens is 320 g/mol. The summed E-state index contributed by atoms with van der Waals surface area (Å²) < 4.78 is 9.82. The molecule has 25 heavy (non-hydrogen) atoms. The Morgan fingerprint density at radius 3 is 1.52 bits per heavy atom. The Kier molecular flexibility index (Phi) is 16.5. The van der Waals surface area contributed by atoms with Gasteiger partial charge in [0.25, 0.3) is 0 Å². The Labute approximate surface area is 152 Å². The highest BCUT2D eigenvalue weighted by Gasteiger charge is 2.10. The molecule has 0 saturated carbocycles. The van der Waals surface area contributed by atoms with Crippen molar-refractivity contribution in [3.05, 3.63) is 0 Å². The van der Waals surface area contributed by atoms with E-state index in [9.17, 15) is 14.4 Å². The molecule has 0 aromatic rings. The van der Waals surface area contributed by atoms with Crippen LogP contribution >= 0.6 is 0 Å². The summed E-state index contributed by atoms with van der Waals surface area (Å²) in [5, 5.41) is 0. The van der Waals surface area contributed by atoms with Crippen molar-refractivity contribution in [3.63, 3.8) is 0 Å². The molecule has 0 atom stereocenters. The monoisotopic (exact) mass is 356 g/mol. The minimum absolute atomic E-state index is 0.103. The molecule has 0 N–H and O–H groups in total. The molecule has 0 heterocycles. The zero-order valence-electron chi connectivity index (χ0n) is 16.1. The normalized spacial score (nSPS) is 10.5. The van der Waals surface area contributed by atoms with Gasteiger partial charge in [0.2, 0.25) is 0 Å². The number of ether oxygens (including phenoxy) is 2. The summed E-state index contributed by atoms with van der Waals surface area (Å²) >= 11 is 0. The second kappa shape index (κ2) is 17.4. The summed E-state index contributed by atoms with van der Waals surface area (Å²) in [6.45, 7) is 4.49. The van der Waals surface area contributed by atoms with Crippen LogP contribution in [0.3, 0.4) is 0 Å². The molecule has 0 aliphatic carbocycles. The maximum absolute atomic E-state index is 11.5. The molecule has 146 valence electrons. The van der Waals surface area contributed by atoms with E-state index < -0.39 is 11.9 Å². The molecule has 5 heteroatoms. The average Bonchev–Trinajstić information content (AvgIpc) is 2.58. The predicted molar refractivity (Wildman–Crippen MR) is 98.0 cm³/mol. The van der Waals surface area contributed by atoms with E-state index in [1.807, 2.05) is 0 Å². The highest BCUT2D eigenvalue weighted by Crippen LogP contribution is 2.07. The van der Waals surface area contributed by atoms with Gasteiger partial charge in [0, 0.05) is 19.3 Å². The standard InChI is InChI=1S/C20H36O5/c1-3-5-7-9-11-14-18(21)24-17-13-16-20(23)25-19(22)15-12-10-8-6-4-2/h3-17H2,1-2H3. The fraction of sp³-hybridized carbons (Fsp3) is 0.850. The zero-order valence-corrected chi connectivity index (χ0v) is 16.1. The first kappa shape index (κ1) is 23.6. The number of carbonyl (C=O) groups excluding carboxylic acids is 3. The van der Waals surface area contributed by atoms with Crippen molar-refractivity contribution in [1.82, 2.24) is 0 Å². The number of unbranched alkanes of at least 4 members (excludes halogenated alkanes) is 8. The Hall–Kier alpha value is -1.39. The minimum Gasteiger partial charge on any atom is -0.466 e. The molecule has 0 radical (unpaired) electrons. The summed E-state index contributed by atoms with van der Waals surface area (Å²) in [6.07, 6.45) is 11.9. The van der Waals surface area contributed by atoms with Crippen LogP contribution in [0.25, 0.3) is 0 Å². The maximum Gasteiger partial charge on any atom is 0.313 e. The Bertz CT molecular complexity index is 365. The number of hydrogen-bond donors (Lipinski definition) is 0. The van der Waals surface area contributed by atoms with E-state index >= 15 is 0 Å². The third kappa shape index (κ3) is 17.2. The summed E-state index contributed by atoms with van der Waals surface area (Å²) in [4.78, 5) is 34.5. The fourth-order valence-electron chi connectivity index (χ4n) is 2.45. The predicted octanol–water partition coefficient (Wildman–Crippen LogP) is 5.10. The van der Waals surface area contributed by atoms with Crippen molar-refractivity contribution >= 4 is 17.9 Å². The van der Waals surface area contributed by atoms with E-state index in [1.54, 1.807) is 0 Å². The molecule has 0 aliphatic rings. The third-order valence-electron chi connectivity index (χ3n) is 3.98. The van der Waals surface area contributed by atoms with Gasteiger partial charge in [-0.25, -0.2) is 0 Å². The molecule has 0 unspecified atom stereocenters. The average molecular weight is 357 g/mol. The lowest BCUT2D eigenvalue weighted by atomic mass is 10.1. The van der Waals surface area contributed by atoms with Crippen molar-refractivity contribution in [2.45, 2.75) is 104 Å².